The highest BCUT2D eigenvalue weighted by Gasteiger charge is 2.13. The van der Waals surface area contributed by atoms with Crippen LogP contribution in [0.4, 0.5) is 0 Å². The quantitative estimate of drug-likeness (QED) is 0.301. The van der Waals surface area contributed by atoms with Crippen molar-refractivity contribution in [3.05, 3.63) is 11.5 Å². The lowest BCUT2D eigenvalue weighted by Crippen LogP contribution is -2.22. The van der Waals surface area contributed by atoms with Gasteiger partial charge in [-0.25, -0.2) is 0 Å². The van der Waals surface area contributed by atoms with E-state index in [0.717, 1.165) is 0 Å². The van der Waals surface area contributed by atoms with Crippen molar-refractivity contribution in [2.45, 2.75) is 6.42 Å². The first-order valence-corrected chi connectivity index (χ1v) is 2.64. The molecule has 6 heteroatoms. The molecule has 11 heavy (non-hydrogen) atoms. The Kier molecular flexibility index (Phi) is 2.91. The zero-order chi connectivity index (χ0) is 9.02. The topological polar surface area (TPSA) is 127 Å². The van der Waals surface area contributed by atoms with Gasteiger partial charge in [0.05, 0.1) is 6.42 Å². The molecule has 0 aromatic carbocycles. The van der Waals surface area contributed by atoms with Crippen LogP contribution in [-0.4, -0.2) is 22.0 Å². The molecule has 0 aliphatic carbocycles. The average molecular weight is 160 g/mol. The molecule has 6 nitrogen and oxygen atoms in total. The van der Waals surface area contributed by atoms with E-state index in [-0.39, 0.29) is 0 Å². The summed E-state index contributed by atoms with van der Waals surface area (Å²) in [6, 6.07) is 0. The molecular formula is C5H8N2O4. The van der Waals surface area contributed by atoms with Crippen LogP contribution in [0.15, 0.2) is 11.5 Å². The summed E-state index contributed by atoms with van der Waals surface area (Å²) >= 11 is 0. The minimum Gasteiger partial charge on any atom is -0.481 e. The van der Waals surface area contributed by atoms with Crippen LogP contribution in [0.5, 0.6) is 0 Å². The Morgan fingerprint density at radius 1 is 1.18 bits per heavy atom. The van der Waals surface area contributed by atoms with E-state index in [4.69, 9.17) is 10.2 Å². The summed E-state index contributed by atoms with van der Waals surface area (Å²) < 4.78 is 0. The van der Waals surface area contributed by atoms with Gasteiger partial charge in [0.25, 0.3) is 11.9 Å². The fourth-order valence-corrected chi connectivity index (χ4v) is 0.451. The molecule has 6 N–H and O–H groups in total. The SMILES string of the molecule is NC(=O)CC(C(N)=O)=C(O)O. The summed E-state index contributed by atoms with van der Waals surface area (Å²) in [5, 5.41) is 16.7. The van der Waals surface area contributed by atoms with Crippen molar-refractivity contribution in [1.82, 2.24) is 0 Å². The van der Waals surface area contributed by atoms with Gasteiger partial charge >= 0.3 is 0 Å². The van der Waals surface area contributed by atoms with E-state index in [2.05, 4.69) is 11.5 Å². The molecule has 0 aromatic rings. The normalized spacial score (nSPS) is 8.73. The molecule has 0 rings (SSSR count). The van der Waals surface area contributed by atoms with E-state index in [1.165, 1.54) is 0 Å². The predicted molar refractivity (Wildman–Crippen MR) is 35.3 cm³/mol. The zero-order valence-electron chi connectivity index (χ0n) is 5.57. The largest absolute Gasteiger partial charge is 0.481 e. The van der Waals surface area contributed by atoms with E-state index in [1.807, 2.05) is 0 Å². The van der Waals surface area contributed by atoms with Crippen molar-refractivity contribution in [2.75, 3.05) is 0 Å². The molecule has 0 heterocycles. The van der Waals surface area contributed by atoms with E-state index in [1.54, 1.807) is 0 Å². The Morgan fingerprint density at radius 2 is 1.64 bits per heavy atom. The Bertz CT molecular complexity index is 217. The molecule has 0 saturated heterocycles. The third-order valence-electron chi connectivity index (χ3n) is 0.918. The monoisotopic (exact) mass is 160 g/mol. The lowest BCUT2D eigenvalue weighted by molar-refractivity contribution is -0.120. The first-order valence-electron chi connectivity index (χ1n) is 2.64. The summed E-state index contributed by atoms with van der Waals surface area (Å²) in [6.07, 6.45) is -0.572. The fourth-order valence-electron chi connectivity index (χ4n) is 0.451. The second kappa shape index (κ2) is 3.45. The van der Waals surface area contributed by atoms with Crippen LogP contribution in [0.2, 0.25) is 0 Å². The molecule has 0 spiro atoms. The smallest absolute Gasteiger partial charge is 0.283 e. The van der Waals surface area contributed by atoms with Gasteiger partial charge in [0.2, 0.25) is 5.91 Å². The third-order valence-corrected chi connectivity index (χ3v) is 0.918. The van der Waals surface area contributed by atoms with Gasteiger partial charge in [0, 0.05) is 0 Å². The number of nitrogens with two attached hydrogens (primary N) is 2. The second-order valence-electron chi connectivity index (χ2n) is 1.81. The van der Waals surface area contributed by atoms with E-state index < -0.39 is 29.8 Å². The van der Waals surface area contributed by atoms with Gasteiger partial charge in [-0.1, -0.05) is 0 Å². The molecule has 2 amide bonds. The van der Waals surface area contributed by atoms with Crippen molar-refractivity contribution in [2.24, 2.45) is 11.5 Å². The minimum absolute atomic E-state index is 0.572. The highest BCUT2D eigenvalue weighted by molar-refractivity contribution is 5.97. The summed E-state index contributed by atoms with van der Waals surface area (Å²) in [7, 11) is 0. The first-order chi connectivity index (χ1) is 4.95. The molecule has 0 atom stereocenters. The van der Waals surface area contributed by atoms with Gasteiger partial charge in [-0.3, -0.25) is 9.59 Å². The lowest BCUT2D eigenvalue weighted by atomic mass is 10.2. The third kappa shape index (κ3) is 3.09. The van der Waals surface area contributed by atoms with Crippen molar-refractivity contribution in [3.63, 3.8) is 0 Å². The van der Waals surface area contributed by atoms with Crippen molar-refractivity contribution >= 4 is 11.8 Å². The fraction of sp³-hybridized carbons (Fsp3) is 0.200. The van der Waals surface area contributed by atoms with Gasteiger partial charge in [0.15, 0.2) is 0 Å². The van der Waals surface area contributed by atoms with Crippen molar-refractivity contribution < 1.29 is 19.8 Å². The molecule has 0 fully saturated rings. The van der Waals surface area contributed by atoms with Gasteiger partial charge < -0.3 is 21.7 Å². The molecule has 62 valence electrons. The van der Waals surface area contributed by atoms with Gasteiger partial charge in [-0.2, -0.15) is 0 Å². The van der Waals surface area contributed by atoms with Crippen LogP contribution in [0.25, 0.3) is 0 Å². The number of hydrogen-bond acceptors (Lipinski definition) is 4. The van der Waals surface area contributed by atoms with E-state index in [9.17, 15) is 9.59 Å². The first kappa shape index (κ1) is 9.28. The summed E-state index contributed by atoms with van der Waals surface area (Å²) in [4.78, 5) is 20.5. The number of primary amides is 2. The van der Waals surface area contributed by atoms with Crippen LogP contribution in [0, 0.1) is 0 Å². The number of hydrogen-bond donors (Lipinski definition) is 4. The molecule has 0 aliphatic heterocycles. The lowest BCUT2D eigenvalue weighted by Gasteiger charge is -1.98. The molecular weight excluding hydrogens is 152 g/mol. The number of carbonyl (C=O) groups is 2. The maximum absolute atomic E-state index is 10.3. The zero-order valence-corrected chi connectivity index (χ0v) is 5.57. The standard InChI is InChI=1S/C5H8N2O4/c6-3(8)1-2(4(7)9)5(10)11/h10-11H,1H2,(H2,6,8)(H2,7,9). The predicted octanol–water partition coefficient (Wildman–Crippen LogP) is -1.33. The van der Waals surface area contributed by atoms with E-state index in [0.29, 0.717) is 0 Å². The van der Waals surface area contributed by atoms with Crippen LogP contribution >= 0.6 is 0 Å². The number of rotatable bonds is 3. The van der Waals surface area contributed by atoms with E-state index >= 15 is 0 Å². The Morgan fingerprint density at radius 3 is 1.73 bits per heavy atom. The minimum atomic E-state index is -1.27. The highest BCUT2D eigenvalue weighted by Crippen LogP contribution is 2.02. The number of amides is 2. The Labute approximate surface area is 62.1 Å². The number of carbonyl (C=O) groups excluding carboxylic acids is 2. The second-order valence-corrected chi connectivity index (χ2v) is 1.81. The van der Waals surface area contributed by atoms with Crippen LogP contribution in [0.3, 0.4) is 0 Å². The highest BCUT2D eigenvalue weighted by atomic mass is 16.5. The molecule has 0 aromatic heterocycles. The summed E-state index contributed by atoms with van der Waals surface area (Å²) in [6.45, 7) is 0. The van der Waals surface area contributed by atoms with Gasteiger partial charge in [0.1, 0.15) is 5.57 Å². The van der Waals surface area contributed by atoms with Crippen molar-refractivity contribution in [1.29, 1.82) is 0 Å². The Balaban J connectivity index is 4.52. The number of aliphatic hydroxyl groups is 2. The molecule has 0 radical (unpaired) electrons. The van der Waals surface area contributed by atoms with Crippen LogP contribution in [0.1, 0.15) is 6.42 Å². The number of aliphatic hydroxyl groups excluding tert-OH is 1. The summed E-state index contributed by atoms with van der Waals surface area (Å²) in [5.74, 6) is -3.21. The van der Waals surface area contributed by atoms with Crippen LogP contribution in [-0.2, 0) is 9.59 Å². The average Bonchev–Trinajstić information content (AvgIpc) is 1.81. The maximum Gasteiger partial charge on any atom is 0.283 e. The Hall–Kier alpha value is -1.72. The molecule has 0 aliphatic rings. The summed E-state index contributed by atoms with van der Waals surface area (Å²) in [5.41, 5.74) is 8.74. The van der Waals surface area contributed by atoms with Crippen LogP contribution < -0.4 is 11.5 Å². The van der Waals surface area contributed by atoms with Gasteiger partial charge in [-0.15, -0.1) is 0 Å². The maximum atomic E-state index is 10.3. The molecule has 0 unspecified atom stereocenters. The molecule has 0 bridgehead atoms. The van der Waals surface area contributed by atoms with Gasteiger partial charge in [-0.05, 0) is 0 Å². The molecule has 0 saturated carbocycles. The van der Waals surface area contributed by atoms with Crippen molar-refractivity contribution in [3.8, 4) is 0 Å².